The Morgan fingerprint density at radius 3 is 2.52 bits per heavy atom. The highest BCUT2D eigenvalue weighted by Gasteiger charge is 2.13. The van der Waals surface area contributed by atoms with Crippen molar-refractivity contribution in [2.24, 2.45) is 5.73 Å². The average molecular weight is 279 g/mol. The molecule has 0 aliphatic heterocycles. The van der Waals surface area contributed by atoms with Crippen molar-refractivity contribution >= 4 is 0 Å². The lowest BCUT2D eigenvalue weighted by atomic mass is 10.1. The molecule has 0 radical (unpaired) electrons. The largest absolute Gasteiger partial charge is 0.326 e. The fourth-order valence-electron chi connectivity index (χ4n) is 2.29. The predicted molar refractivity (Wildman–Crippen MR) is 82.0 cm³/mol. The van der Waals surface area contributed by atoms with E-state index >= 15 is 0 Å². The molecule has 0 bridgehead atoms. The summed E-state index contributed by atoms with van der Waals surface area (Å²) in [5.41, 5.74) is 11.0. The maximum Gasteiger partial charge on any atom is 0.180 e. The quantitative estimate of drug-likeness (QED) is 0.799. The number of hydrogen-bond donors (Lipinski definition) is 1. The van der Waals surface area contributed by atoms with E-state index in [0.29, 0.717) is 12.4 Å². The molecular weight excluding hydrogens is 262 g/mol. The number of nitrogens with two attached hydrogens (primary N) is 1. The summed E-state index contributed by atoms with van der Waals surface area (Å²) in [6.07, 6.45) is 3.78. The molecule has 106 valence electrons. The van der Waals surface area contributed by atoms with Gasteiger partial charge in [0.05, 0.1) is 11.9 Å². The van der Waals surface area contributed by atoms with Gasteiger partial charge in [0.1, 0.15) is 0 Å². The first-order valence-electron chi connectivity index (χ1n) is 6.84. The van der Waals surface area contributed by atoms with Gasteiger partial charge < -0.3 is 5.73 Å². The second-order valence-electron chi connectivity index (χ2n) is 4.96. The molecule has 0 spiro atoms. The second kappa shape index (κ2) is 5.46. The Labute approximate surface area is 123 Å². The molecule has 5 heteroatoms. The number of aromatic nitrogens is 4. The Morgan fingerprint density at radius 2 is 1.81 bits per heavy atom. The van der Waals surface area contributed by atoms with Gasteiger partial charge in [-0.1, -0.05) is 30.3 Å². The Hall–Kier alpha value is -2.53. The van der Waals surface area contributed by atoms with Gasteiger partial charge in [-0.2, -0.15) is 10.2 Å². The number of hydrogen-bond acceptors (Lipinski definition) is 4. The van der Waals surface area contributed by atoms with Crippen LogP contribution in [-0.2, 0) is 6.54 Å². The molecule has 0 fully saturated rings. The minimum atomic E-state index is 0.415. The minimum absolute atomic E-state index is 0.415. The fourth-order valence-corrected chi connectivity index (χ4v) is 2.29. The van der Waals surface area contributed by atoms with Gasteiger partial charge in [-0.3, -0.25) is 0 Å². The van der Waals surface area contributed by atoms with Crippen LogP contribution in [-0.4, -0.2) is 20.0 Å². The van der Waals surface area contributed by atoms with Crippen molar-refractivity contribution in [3.63, 3.8) is 0 Å². The number of benzene rings is 1. The molecule has 0 atom stereocenters. The van der Waals surface area contributed by atoms with Crippen LogP contribution in [0.5, 0.6) is 0 Å². The van der Waals surface area contributed by atoms with Gasteiger partial charge in [-0.05, 0) is 25.0 Å². The van der Waals surface area contributed by atoms with E-state index in [0.717, 1.165) is 27.9 Å². The molecule has 5 nitrogen and oxygen atoms in total. The molecule has 0 aliphatic carbocycles. The molecule has 0 saturated carbocycles. The van der Waals surface area contributed by atoms with Gasteiger partial charge in [0.2, 0.25) is 0 Å². The predicted octanol–water partition coefficient (Wildman–Crippen LogP) is 2.40. The Bertz CT molecular complexity index is 762. The highest BCUT2D eigenvalue weighted by molar-refractivity contribution is 5.62. The molecule has 2 heterocycles. The molecule has 0 saturated heterocycles. The van der Waals surface area contributed by atoms with Gasteiger partial charge in [0, 0.05) is 23.9 Å². The van der Waals surface area contributed by atoms with Crippen LogP contribution in [0.1, 0.15) is 16.8 Å². The lowest BCUT2D eigenvalue weighted by Gasteiger charge is -2.10. The zero-order valence-electron chi connectivity index (χ0n) is 12.1. The summed E-state index contributed by atoms with van der Waals surface area (Å²) in [7, 11) is 0. The SMILES string of the molecule is Cc1nnc(-n2cc(-c3ccccc3)cn2)c(CN)c1C. The highest BCUT2D eigenvalue weighted by Crippen LogP contribution is 2.21. The van der Waals surface area contributed by atoms with Gasteiger partial charge in [-0.15, -0.1) is 5.10 Å². The lowest BCUT2D eigenvalue weighted by Crippen LogP contribution is -2.12. The van der Waals surface area contributed by atoms with E-state index in [1.54, 1.807) is 4.68 Å². The number of aryl methyl sites for hydroxylation is 1. The molecular formula is C16H17N5. The third kappa shape index (κ3) is 2.43. The molecule has 3 aromatic rings. The van der Waals surface area contributed by atoms with Crippen molar-refractivity contribution in [3.8, 4) is 16.9 Å². The van der Waals surface area contributed by atoms with E-state index in [9.17, 15) is 0 Å². The molecule has 0 amide bonds. The highest BCUT2D eigenvalue weighted by atomic mass is 15.3. The normalized spacial score (nSPS) is 10.8. The first-order chi connectivity index (χ1) is 10.2. The van der Waals surface area contributed by atoms with Crippen molar-refractivity contribution < 1.29 is 0 Å². The summed E-state index contributed by atoms with van der Waals surface area (Å²) < 4.78 is 1.74. The van der Waals surface area contributed by atoms with Crippen LogP contribution in [0.15, 0.2) is 42.7 Å². The van der Waals surface area contributed by atoms with Gasteiger partial charge in [-0.25, -0.2) is 4.68 Å². The molecule has 1 aromatic carbocycles. The number of nitrogens with zero attached hydrogens (tertiary/aromatic N) is 4. The van der Waals surface area contributed by atoms with E-state index in [4.69, 9.17) is 5.73 Å². The maximum absolute atomic E-state index is 5.87. The third-order valence-corrected chi connectivity index (χ3v) is 3.67. The zero-order valence-corrected chi connectivity index (χ0v) is 12.1. The van der Waals surface area contributed by atoms with Crippen LogP contribution in [0, 0.1) is 13.8 Å². The molecule has 0 aliphatic rings. The van der Waals surface area contributed by atoms with E-state index in [1.165, 1.54) is 0 Å². The summed E-state index contributed by atoms with van der Waals surface area (Å²) in [6.45, 7) is 4.36. The Balaban J connectivity index is 2.07. The molecule has 3 rings (SSSR count). The summed E-state index contributed by atoms with van der Waals surface area (Å²) in [4.78, 5) is 0. The van der Waals surface area contributed by atoms with Crippen molar-refractivity contribution in [2.75, 3.05) is 0 Å². The van der Waals surface area contributed by atoms with Crippen molar-refractivity contribution in [3.05, 3.63) is 59.5 Å². The van der Waals surface area contributed by atoms with E-state index in [-0.39, 0.29) is 0 Å². The molecule has 2 aromatic heterocycles. The third-order valence-electron chi connectivity index (χ3n) is 3.67. The van der Waals surface area contributed by atoms with Gasteiger partial charge >= 0.3 is 0 Å². The van der Waals surface area contributed by atoms with E-state index in [1.807, 2.05) is 44.4 Å². The van der Waals surface area contributed by atoms with E-state index in [2.05, 4.69) is 27.4 Å². The topological polar surface area (TPSA) is 69.6 Å². The molecule has 2 N–H and O–H groups in total. The van der Waals surface area contributed by atoms with Crippen LogP contribution in [0.4, 0.5) is 0 Å². The second-order valence-corrected chi connectivity index (χ2v) is 4.96. The maximum atomic E-state index is 5.87. The van der Waals surface area contributed by atoms with Crippen molar-refractivity contribution in [1.29, 1.82) is 0 Å². The summed E-state index contributed by atoms with van der Waals surface area (Å²) >= 11 is 0. The first kappa shape index (κ1) is 13.5. The Morgan fingerprint density at radius 1 is 1.05 bits per heavy atom. The zero-order chi connectivity index (χ0) is 14.8. The summed E-state index contributed by atoms with van der Waals surface area (Å²) in [5.74, 6) is 0.697. The summed E-state index contributed by atoms with van der Waals surface area (Å²) in [5, 5.41) is 12.8. The van der Waals surface area contributed by atoms with Gasteiger partial charge in [0.15, 0.2) is 5.82 Å². The van der Waals surface area contributed by atoms with Crippen molar-refractivity contribution in [2.45, 2.75) is 20.4 Å². The van der Waals surface area contributed by atoms with Gasteiger partial charge in [0.25, 0.3) is 0 Å². The van der Waals surface area contributed by atoms with Crippen LogP contribution >= 0.6 is 0 Å². The number of rotatable bonds is 3. The van der Waals surface area contributed by atoms with Crippen LogP contribution in [0.2, 0.25) is 0 Å². The van der Waals surface area contributed by atoms with Crippen LogP contribution in [0.3, 0.4) is 0 Å². The fraction of sp³-hybridized carbons (Fsp3) is 0.188. The van der Waals surface area contributed by atoms with Crippen LogP contribution in [0.25, 0.3) is 16.9 Å². The lowest BCUT2D eigenvalue weighted by molar-refractivity contribution is 0.775. The monoisotopic (exact) mass is 279 g/mol. The van der Waals surface area contributed by atoms with E-state index < -0.39 is 0 Å². The summed E-state index contributed by atoms with van der Waals surface area (Å²) in [6, 6.07) is 10.1. The Kier molecular flexibility index (Phi) is 3.50. The van der Waals surface area contributed by atoms with Crippen molar-refractivity contribution in [1.82, 2.24) is 20.0 Å². The minimum Gasteiger partial charge on any atom is -0.326 e. The molecule has 21 heavy (non-hydrogen) atoms. The standard InChI is InChI=1S/C16H17N5/c1-11-12(2)19-20-16(15(11)8-17)21-10-14(9-18-21)13-6-4-3-5-7-13/h3-7,9-10H,8,17H2,1-2H3. The first-order valence-corrected chi connectivity index (χ1v) is 6.84. The van der Waals surface area contributed by atoms with Crippen LogP contribution < -0.4 is 5.73 Å². The smallest absolute Gasteiger partial charge is 0.180 e. The average Bonchev–Trinajstić information content (AvgIpc) is 3.00. The molecule has 0 unspecified atom stereocenters.